The van der Waals surface area contributed by atoms with Crippen molar-refractivity contribution in [2.75, 3.05) is 12.4 Å². The van der Waals surface area contributed by atoms with Crippen LogP contribution in [0.15, 0.2) is 24.3 Å². The standard InChI is InChI=1S/C12H14ClF3O3S/c1-2-9(8-20(13,17)18)7-19-11-6-4-3-5-10(11)12(14,15)16/h3-6,9H,2,7-8H2,1H3. The van der Waals surface area contributed by atoms with E-state index >= 15 is 0 Å². The van der Waals surface area contributed by atoms with Crippen molar-refractivity contribution >= 4 is 19.7 Å². The summed E-state index contributed by atoms with van der Waals surface area (Å²) < 4.78 is 65.2. The van der Waals surface area contributed by atoms with Gasteiger partial charge in [-0.3, -0.25) is 0 Å². The van der Waals surface area contributed by atoms with E-state index in [0.29, 0.717) is 6.42 Å². The van der Waals surface area contributed by atoms with Crippen molar-refractivity contribution < 1.29 is 26.3 Å². The highest BCUT2D eigenvalue weighted by molar-refractivity contribution is 8.13. The Balaban J connectivity index is 2.79. The molecule has 0 fully saturated rings. The van der Waals surface area contributed by atoms with Crippen molar-refractivity contribution in [1.82, 2.24) is 0 Å². The van der Waals surface area contributed by atoms with Crippen molar-refractivity contribution in [2.24, 2.45) is 5.92 Å². The maximum absolute atomic E-state index is 12.7. The van der Waals surface area contributed by atoms with E-state index in [1.54, 1.807) is 6.92 Å². The maximum atomic E-state index is 12.7. The quantitative estimate of drug-likeness (QED) is 0.747. The Bertz CT molecular complexity index is 543. The molecule has 0 bridgehead atoms. The topological polar surface area (TPSA) is 43.4 Å². The van der Waals surface area contributed by atoms with E-state index in [2.05, 4.69) is 0 Å². The second kappa shape index (κ2) is 6.67. The summed E-state index contributed by atoms with van der Waals surface area (Å²) in [4.78, 5) is 0. The molecule has 0 aliphatic heterocycles. The van der Waals surface area contributed by atoms with Crippen LogP contribution < -0.4 is 4.74 Å². The molecule has 1 aromatic rings. The molecular formula is C12H14ClF3O3S. The van der Waals surface area contributed by atoms with Crippen molar-refractivity contribution in [1.29, 1.82) is 0 Å². The third-order valence-corrected chi connectivity index (χ3v) is 3.93. The largest absolute Gasteiger partial charge is 0.493 e. The monoisotopic (exact) mass is 330 g/mol. The van der Waals surface area contributed by atoms with Crippen molar-refractivity contribution in [3.63, 3.8) is 0 Å². The number of ether oxygens (including phenoxy) is 1. The van der Waals surface area contributed by atoms with E-state index in [4.69, 9.17) is 15.4 Å². The molecule has 1 unspecified atom stereocenters. The molecule has 1 rings (SSSR count). The minimum atomic E-state index is -4.52. The second-order valence-corrected chi connectivity index (χ2v) is 7.11. The molecule has 8 heteroatoms. The Hall–Kier alpha value is -0.950. The first-order chi connectivity index (χ1) is 9.13. The number of benzene rings is 1. The van der Waals surface area contributed by atoms with Gasteiger partial charge in [0.25, 0.3) is 0 Å². The van der Waals surface area contributed by atoms with Crippen LogP contribution in [0.4, 0.5) is 13.2 Å². The average Bonchev–Trinajstić information content (AvgIpc) is 2.32. The van der Waals surface area contributed by atoms with Gasteiger partial charge < -0.3 is 4.74 Å². The maximum Gasteiger partial charge on any atom is 0.419 e. The molecule has 0 aromatic heterocycles. The zero-order valence-electron chi connectivity index (χ0n) is 10.7. The minimum Gasteiger partial charge on any atom is -0.493 e. The Morgan fingerprint density at radius 1 is 1.30 bits per heavy atom. The van der Waals surface area contributed by atoms with Crippen LogP contribution in [0.3, 0.4) is 0 Å². The van der Waals surface area contributed by atoms with Gasteiger partial charge in [0.2, 0.25) is 9.05 Å². The van der Waals surface area contributed by atoms with Crippen LogP contribution in [-0.2, 0) is 15.2 Å². The minimum absolute atomic E-state index is 0.143. The predicted octanol–water partition coefficient (Wildman–Crippen LogP) is 3.68. The zero-order valence-corrected chi connectivity index (χ0v) is 12.2. The highest BCUT2D eigenvalue weighted by Crippen LogP contribution is 2.36. The molecule has 1 atom stereocenters. The Labute approximate surface area is 120 Å². The summed E-state index contributed by atoms with van der Waals surface area (Å²) in [5.74, 6) is -1.11. The number of hydrogen-bond donors (Lipinski definition) is 0. The summed E-state index contributed by atoms with van der Waals surface area (Å²) in [6, 6.07) is 4.79. The van der Waals surface area contributed by atoms with E-state index in [0.717, 1.165) is 6.07 Å². The first-order valence-corrected chi connectivity index (χ1v) is 8.32. The van der Waals surface area contributed by atoms with Crippen LogP contribution in [0.1, 0.15) is 18.9 Å². The lowest BCUT2D eigenvalue weighted by Crippen LogP contribution is -2.20. The molecule has 0 saturated carbocycles. The van der Waals surface area contributed by atoms with Gasteiger partial charge in [-0.25, -0.2) is 8.42 Å². The van der Waals surface area contributed by atoms with Gasteiger partial charge in [-0.2, -0.15) is 13.2 Å². The third-order valence-electron chi connectivity index (χ3n) is 2.68. The average molecular weight is 331 g/mol. The molecule has 0 spiro atoms. The Morgan fingerprint density at radius 2 is 1.90 bits per heavy atom. The molecular weight excluding hydrogens is 317 g/mol. The number of halogens is 4. The van der Waals surface area contributed by atoms with E-state index < -0.39 is 26.7 Å². The molecule has 0 heterocycles. The van der Waals surface area contributed by atoms with E-state index in [9.17, 15) is 21.6 Å². The fraction of sp³-hybridized carbons (Fsp3) is 0.500. The van der Waals surface area contributed by atoms with Crippen LogP contribution in [0, 0.1) is 5.92 Å². The van der Waals surface area contributed by atoms with Crippen LogP contribution in [0.2, 0.25) is 0 Å². The molecule has 0 aliphatic carbocycles. The normalized spacial score (nSPS) is 14.1. The second-order valence-electron chi connectivity index (χ2n) is 4.28. The van der Waals surface area contributed by atoms with Gasteiger partial charge >= 0.3 is 6.18 Å². The number of para-hydroxylation sites is 1. The van der Waals surface area contributed by atoms with E-state index in [-0.39, 0.29) is 18.1 Å². The molecule has 0 N–H and O–H groups in total. The van der Waals surface area contributed by atoms with E-state index in [1.165, 1.54) is 18.2 Å². The van der Waals surface area contributed by atoms with Gasteiger partial charge in [0.15, 0.2) is 0 Å². The third kappa shape index (κ3) is 5.58. The lowest BCUT2D eigenvalue weighted by molar-refractivity contribution is -0.139. The molecule has 1 aromatic carbocycles. The molecule has 0 aliphatic rings. The van der Waals surface area contributed by atoms with Crippen LogP contribution in [-0.4, -0.2) is 20.8 Å². The molecule has 0 saturated heterocycles. The summed E-state index contributed by atoms with van der Waals surface area (Å²) >= 11 is 0. The lowest BCUT2D eigenvalue weighted by atomic mass is 10.1. The van der Waals surface area contributed by atoms with Gasteiger partial charge in [-0.15, -0.1) is 0 Å². The summed E-state index contributed by atoms with van der Waals surface area (Å²) in [5.41, 5.74) is -0.886. The predicted molar refractivity (Wildman–Crippen MR) is 70.4 cm³/mol. The first-order valence-electron chi connectivity index (χ1n) is 5.85. The highest BCUT2D eigenvalue weighted by Gasteiger charge is 2.34. The van der Waals surface area contributed by atoms with Gasteiger partial charge in [0.1, 0.15) is 5.75 Å². The van der Waals surface area contributed by atoms with Crippen molar-refractivity contribution in [3.05, 3.63) is 29.8 Å². The van der Waals surface area contributed by atoms with Gasteiger partial charge in [-0.05, 0) is 18.6 Å². The SMILES string of the molecule is CCC(COc1ccccc1C(F)(F)F)CS(=O)(=O)Cl. The number of rotatable bonds is 6. The van der Waals surface area contributed by atoms with Crippen molar-refractivity contribution in [2.45, 2.75) is 19.5 Å². The zero-order chi connectivity index (χ0) is 15.4. The van der Waals surface area contributed by atoms with Crippen LogP contribution >= 0.6 is 10.7 Å². The molecule has 114 valence electrons. The highest BCUT2D eigenvalue weighted by atomic mass is 35.7. The number of hydrogen-bond acceptors (Lipinski definition) is 3. The van der Waals surface area contributed by atoms with E-state index in [1.807, 2.05) is 0 Å². The Kier molecular flexibility index (Phi) is 5.70. The summed E-state index contributed by atoms with van der Waals surface area (Å²) in [7, 11) is 1.42. The molecule has 20 heavy (non-hydrogen) atoms. The fourth-order valence-electron chi connectivity index (χ4n) is 1.60. The van der Waals surface area contributed by atoms with Gasteiger partial charge in [0, 0.05) is 16.6 Å². The summed E-state index contributed by atoms with van der Waals surface area (Å²) in [6.45, 7) is 1.57. The molecule has 0 radical (unpaired) electrons. The summed E-state index contributed by atoms with van der Waals surface area (Å²) in [6.07, 6.45) is -4.09. The summed E-state index contributed by atoms with van der Waals surface area (Å²) in [5, 5.41) is 0. The van der Waals surface area contributed by atoms with Crippen LogP contribution in [0.25, 0.3) is 0 Å². The van der Waals surface area contributed by atoms with Crippen LogP contribution in [0.5, 0.6) is 5.75 Å². The first kappa shape index (κ1) is 17.1. The molecule has 0 amide bonds. The Morgan fingerprint density at radius 3 is 2.40 bits per heavy atom. The van der Waals surface area contributed by atoms with Gasteiger partial charge in [-0.1, -0.05) is 19.1 Å². The number of alkyl halides is 3. The van der Waals surface area contributed by atoms with Gasteiger partial charge in [0.05, 0.1) is 17.9 Å². The smallest absolute Gasteiger partial charge is 0.419 e. The lowest BCUT2D eigenvalue weighted by Gasteiger charge is -2.17. The molecule has 3 nitrogen and oxygen atoms in total. The fourth-order valence-corrected chi connectivity index (χ4v) is 3.03. The van der Waals surface area contributed by atoms with Crippen molar-refractivity contribution in [3.8, 4) is 5.75 Å².